The van der Waals surface area contributed by atoms with E-state index in [1.165, 1.54) is 29.4 Å². The second-order valence-corrected chi connectivity index (χ2v) is 7.17. The summed E-state index contributed by atoms with van der Waals surface area (Å²) in [5.74, 6) is -0.111. The van der Waals surface area contributed by atoms with Gasteiger partial charge in [0.05, 0.1) is 6.61 Å². The van der Waals surface area contributed by atoms with Crippen LogP contribution in [0.2, 0.25) is 0 Å². The van der Waals surface area contributed by atoms with E-state index in [0.717, 1.165) is 4.90 Å². The predicted octanol–water partition coefficient (Wildman–Crippen LogP) is 1.04. The molecule has 1 saturated heterocycles. The lowest BCUT2D eigenvalue weighted by molar-refractivity contribution is -0.150. The fraction of sp³-hybridized carbons (Fsp3) is 0.389. The van der Waals surface area contributed by atoms with E-state index in [9.17, 15) is 19.5 Å². The van der Waals surface area contributed by atoms with Crippen LogP contribution in [0.1, 0.15) is 25.1 Å². The highest BCUT2D eigenvalue weighted by atomic mass is 32.2. The number of carbonyl (C=O) groups excluding carboxylic acids is 1. The molecule has 0 aliphatic carbocycles. The van der Waals surface area contributed by atoms with Crippen molar-refractivity contribution in [2.24, 2.45) is 0 Å². The molecule has 1 aliphatic heterocycles. The van der Waals surface area contributed by atoms with Crippen LogP contribution in [0.25, 0.3) is 0 Å². The van der Waals surface area contributed by atoms with Crippen molar-refractivity contribution in [3.8, 4) is 0 Å². The predicted molar refractivity (Wildman–Crippen MR) is 98.5 cm³/mol. The summed E-state index contributed by atoms with van der Waals surface area (Å²) in [5, 5.41) is 9.43. The summed E-state index contributed by atoms with van der Waals surface area (Å²) in [6.45, 7) is 0.927. The molecule has 2 N–H and O–H groups in total. The Morgan fingerprint density at radius 2 is 2.11 bits per heavy atom. The molecule has 1 aliphatic rings. The Morgan fingerprint density at radius 1 is 1.37 bits per heavy atom. The zero-order valence-corrected chi connectivity index (χ0v) is 15.5. The number of aliphatic hydroxyl groups excluding tert-OH is 1. The van der Waals surface area contributed by atoms with Gasteiger partial charge in [-0.3, -0.25) is 19.1 Å². The molecule has 1 fully saturated rings. The molecule has 0 saturated carbocycles. The molecular weight excluding hydrogens is 372 g/mol. The Balaban J connectivity index is 1.80. The summed E-state index contributed by atoms with van der Waals surface area (Å²) in [6, 6.07) is 9.59. The summed E-state index contributed by atoms with van der Waals surface area (Å²) in [6.07, 6.45) is -0.441. The Morgan fingerprint density at radius 3 is 2.78 bits per heavy atom. The third-order valence-corrected chi connectivity index (χ3v) is 5.23. The van der Waals surface area contributed by atoms with Gasteiger partial charge in [-0.1, -0.05) is 18.2 Å². The number of hydrogen-bond donors (Lipinski definition) is 2. The molecule has 3 atom stereocenters. The quantitative estimate of drug-likeness (QED) is 0.558. The van der Waals surface area contributed by atoms with Gasteiger partial charge < -0.3 is 14.6 Å². The Labute approximate surface area is 159 Å². The van der Waals surface area contributed by atoms with Crippen LogP contribution in [-0.4, -0.2) is 39.4 Å². The average Bonchev–Trinajstić information content (AvgIpc) is 3.03. The average molecular weight is 392 g/mol. The maximum absolute atomic E-state index is 12.2. The number of hydrogen-bond acceptors (Lipinski definition) is 7. The lowest BCUT2D eigenvalue weighted by Gasteiger charge is -2.15. The van der Waals surface area contributed by atoms with Crippen LogP contribution in [0.15, 0.2) is 51.0 Å². The number of aromatic amines is 1. The maximum Gasteiger partial charge on any atom is 0.330 e. The minimum absolute atomic E-state index is 0.210. The summed E-state index contributed by atoms with van der Waals surface area (Å²) in [5.41, 5.74) is -0.643. The Hall–Kier alpha value is -2.36. The lowest BCUT2D eigenvalue weighted by atomic mass is 10.2. The number of benzene rings is 1. The van der Waals surface area contributed by atoms with Gasteiger partial charge in [-0.15, -0.1) is 11.8 Å². The van der Waals surface area contributed by atoms with Crippen molar-refractivity contribution in [1.82, 2.24) is 9.55 Å². The number of rotatable bonds is 6. The maximum atomic E-state index is 12.2. The normalized spacial score (nSPS) is 21.9. The van der Waals surface area contributed by atoms with E-state index in [2.05, 4.69) is 4.98 Å². The van der Waals surface area contributed by atoms with Gasteiger partial charge in [-0.2, -0.15) is 0 Å². The molecule has 1 aromatic heterocycles. The van der Waals surface area contributed by atoms with Gasteiger partial charge in [0.15, 0.2) is 0 Å². The topological polar surface area (TPSA) is 111 Å². The van der Waals surface area contributed by atoms with Gasteiger partial charge in [-0.25, -0.2) is 4.79 Å². The zero-order valence-electron chi connectivity index (χ0n) is 14.7. The van der Waals surface area contributed by atoms with Crippen molar-refractivity contribution in [3.05, 3.63) is 62.9 Å². The number of H-pyrrole nitrogens is 1. The van der Waals surface area contributed by atoms with Gasteiger partial charge >= 0.3 is 11.7 Å². The van der Waals surface area contributed by atoms with E-state index >= 15 is 0 Å². The fourth-order valence-corrected chi connectivity index (χ4v) is 3.77. The van der Waals surface area contributed by atoms with Crippen LogP contribution >= 0.6 is 11.8 Å². The fourth-order valence-electron chi connectivity index (χ4n) is 2.89. The summed E-state index contributed by atoms with van der Waals surface area (Å²) >= 11 is 1.47. The largest absolute Gasteiger partial charge is 0.460 e. The minimum atomic E-state index is -0.740. The monoisotopic (exact) mass is 392 g/mol. The number of esters is 1. The minimum Gasteiger partial charge on any atom is -0.460 e. The number of aromatic nitrogens is 2. The van der Waals surface area contributed by atoms with Crippen LogP contribution in [0.5, 0.6) is 0 Å². The van der Waals surface area contributed by atoms with Gasteiger partial charge in [0.25, 0.3) is 5.56 Å². The lowest BCUT2D eigenvalue weighted by Crippen LogP contribution is -2.34. The molecule has 0 unspecified atom stereocenters. The first-order valence-electron chi connectivity index (χ1n) is 8.43. The molecule has 0 amide bonds. The van der Waals surface area contributed by atoms with Crippen LogP contribution < -0.4 is 11.2 Å². The molecule has 144 valence electrons. The van der Waals surface area contributed by atoms with Crippen LogP contribution in [0, 0.1) is 0 Å². The molecule has 8 nitrogen and oxygen atoms in total. The highest BCUT2D eigenvalue weighted by Gasteiger charge is 2.38. The van der Waals surface area contributed by atoms with Crippen LogP contribution in [0.4, 0.5) is 0 Å². The van der Waals surface area contributed by atoms with Crippen molar-refractivity contribution in [1.29, 1.82) is 0 Å². The third-order valence-electron chi connectivity index (χ3n) is 4.17. The van der Waals surface area contributed by atoms with Gasteiger partial charge in [0.2, 0.25) is 0 Å². The third kappa shape index (κ3) is 4.68. The summed E-state index contributed by atoms with van der Waals surface area (Å²) < 4.78 is 12.1. The standard InChI is InChI=1S/C18H20N2O6S/c1-11(22)25-14-7-16(26-15(14)9-21)20-8-12(17(23)19-18(20)24)10-27-13-5-3-2-4-6-13/h2-6,8,14-16,21H,7,9-10H2,1H3,(H,19,23,24)/t14-,15+,16+/m0/s1. The van der Waals surface area contributed by atoms with Crippen LogP contribution in [0.3, 0.4) is 0 Å². The van der Waals surface area contributed by atoms with E-state index in [0.29, 0.717) is 11.3 Å². The summed E-state index contributed by atoms with van der Waals surface area (Å²) in [4.78, 5) is 38.9. The SMILES string of the molecule is CC(=O)O[C@H]1C[C@H](n2cc(CSc3ccccc3)c(=O)[nH]c2=O)O[C@@H]1CO. The van der Waals surface area contributed by atoms with E-state index in [4.69, 9.17) is 9.47 Å². The van der Waals surface area contributed by atoms with E-state index in [1.807, 2.05) is 30.3 Å². The molecule has 2 aromatic rings. The first-order valence-corrected chi connectivity index (χ1v) is 9.42. The molecular formula is C18H20N2O6S. The van der Waals surface area contributed by atoms with Crippen molar-refractivity contribution in [2.45, 2.75) is 42.4 Å². The van der Waals surface area contributed by atoms with Gasteiger partial charge in [-0.05, 0) is 12.1 Å². The molecule has 0 radical (unpaired) electrons. The molecule has 27 heavy (non-hydrogen) atoms. The van der Waals surface area contributed by atoms with Gasteiger partial charge in [0.1, 0.15) is 18.4 Å². The molecule has 2 heterocycles. The first-order chi connectivity index (χ1) is 13.0. The highest BCUT2D eigenvalue weighted by molar-refractivity contribution is 7.98. The molecule has 9 heteroatoms. The number of nitrogens with zero attached hydrogens (tertiary/aromatic N) is 1. The van der Waals surface area contributed by atoms with E-state index in [-0.39, 0.29) is 13.0 Å². The van der Waals surface area contributed by atoms with Crippen molar-refractivity contribution < 1.29 is 19.4 Å². The second kappa shape index (κ2) is 8.55. The number of ether oxygens (including phenoxy) is 2. The number of nitrogens with one attached hydrogen (secondary N) is 1. The molecule has 0 spiro atoms. The zero-order chi connectivity index (χ0) is 19.4. The molecule has 0 bridgehead atoms. The Kier molecular flexibility index (Phi) is 6.15. The van der Waals surface area contributed by atoms with Crippen molar-refractivity contribution in [2.75, 3.05) is 6.61 Å². The van der Waals surface area contributed by atoms with Crippen LogP contribution in [-0.2, 0) is 20.0 Å². The van der Waals surface area contributed by atoms with Gasteiger partial charge in [0, 0.05) is 35.8 Å². The van der Waals surface area contributed by atoms with E-state index < -0.39 is 35.7 Å². The first kappa shape index (κ1) is 19.4. The number of aliphatic hydroxyl groups is 1. The van der Waals surface area contributed by atoms with Crippen molar-refractivity contribution in [3.63, 3.8) is 0 Å². The Bertz CT molecular complexity index is 910. The number of carbonyl (C=O) groups is 1. The summed E-state index contributed by atoms with van der Waals surface area (Å²) in [7, 11) is 0. The highest BCUT2D eigenvalue weighted by Crippen LogP contribution is 2.30. The smallest absolute Gasteiger partial charge is 0.330 e. The second-order valence-electron chi connectivity index (χ2n) is 6.12. The van der Waals surface area contributed by atoms with Crippen molar-refractivity contribution >= 4 is 17.7 Å². The molecule has 1 aromatic carbocycles. The van der Waals surface area contributed by atoms with E-state index in [1.54, 1.807) is 0 Å². The number of thioether (sulfide) groups is 1. The molecule has 3 rings (SSSR count).